The summed E-state index contributed by atoms with van der Waals surface area (Å²) in [6, 6.07) is 9.11. The Morgan fingerprint density at radius 2 is 1.92 bits per heavy atom. The number of thiol groups is 1. The molecule has 0 amide bonds. The van der Waals surface area contributed by atoms with Gasteiger partial charge in [0.05, 0.1) is 0 Å². The van der Waals surface area contributed by atoms with Crippen LogP contribution in [0.5, 0.6) is 0 Å². The van der Waals surface area contributed by atoms with E-state index in [0.29, 0.717) is 0 Å². The van der Waals surface area contributed by atoms with Crippen molar-refractivity contribution in [3.05, 3.63) is 29.8 Å². The summed E-state index contributed by atoms with van der Waals surface area (Å²) in [4.78, 5) is 1.03. The number of hydrogen-bond acceptors (Lipinski definition) is 2. The normalized spacial score (nSPS) is 16.4. The molecule has 1 aromatic carbocycles. The van der Waals surface area contributed by atoms with Gasteiger partial charge in [0, 0.05) is 17.5 Å². The van der Waals surface area contributed by atoms with Crippen molar-refractivity contribution in [1.82, 2.24) is 5.32 Å². The van der Waals surface area contributed by atoms with Crippen LogP contribution in [0.25, 0.3) is 0 Å². The molecule has 0 heterocycles. The van der Waals surface area contributed by atoms with Crippen LogP contribution in [0.2, 0.25) is 0 Å². The van der Waals surface area contributed by atoms with Gasteiger partial charge in [-0.2, -0.15) is 0 Å². The first-order valence-electron chi connectivity index (χ1n) is 4.36. The molecule has 1 aromatic rings. The van der Waals surface area contributed by atoms with Crippen LogP contribution in [-0.2, 0) is 6.54 Å². The summed E-state index contributed by atoms with van der Waals surface area (Å²) in [5.41, 5.74) is 1.35. The standard InChI is InChI=1S/C10H13NS/c12-10-5-1-8(2-6-10)7-11-9-3-4-9/h1-2,5-6,9,11-12H,3-4,7H2. The van der Waals surface area contributed by atoms with Gasteiger partial charge in [-0.05, 0) is 30.5 Å². The number of benzene rings is 1. The van der Waals surface area contributed by atoms with Gasteiger partial charge in [0.15, 0.2) is 0 Å². The molecule has 1 fully saturated rings. The molecule has 0 atom stereocenters. The maximum Gasteiger partial charge on any atom is 0.0208 e. The monoisotopic (exact) mass is 179 g/mol. The summed E-state index contributed by atoms with van der Waals surface area (Å²) in [5, 5.41) is 3.47. The molecule has 2 rings (SSSR count). The summed E-state index contributed by atoms with van der Waals surface area (Å²) in [5.74, 6) is 0. The minimum absolute atomic E-state index is 0.792. The first-order chi connectivity index (χ1) is 5.84. The largest absolute Gasteiger partial charge is 0.310 e. The lowest BCUT2D eigenvalue weighted by Gasteiger charge is -2.02. The molecular formula is C10H13NS. The van der Waals surface area contributed by atoms with E-state index in [1.165, 1.54) is 18.4 Å². The van der Waals surface area contributed by atoms with E-state index in [1.807, 2.05) is 12.1 Å². The number of rotatable bonds is 3. The predicted molar refractivity (Wildman–Crippen MR) is 53.6 cm³/mol. The average molecular weight is 179 g/mol. The Hall–Kier alpha value is -0.470. The van der Waals surface area contributed by atoms with Crippen LogP contribution >= 0.6 is 12.6 Å². The first-order valence-corrected chi connectivity index (χ1v) is 4.80. The van der Waals surface area contributed by atoms with Crippen molar-refractivity contribution in [3.8, 4) is 0 Å². The molecule has 1 N–H and O–H groups in total. The molecule has 0 aromatic heterocycles. The van der Waals surface area contributed by atoms with Crippen LogP contribution in [0.4, 0.5) is 0 Å². The maximum atomic E-state index is 4.23. The Labute approximate surface area is 78.6 Å². The van der Waals surface area contributed by atoms with Crippen molar-refractivity contribution < 1.29 is 0 Å². The van der Waals surface area contributed by atoms with Crippen LogP contribution in [0.15, 0.2) is 29.2 Å². The second kappa shape index (κ2) is 3.50. The van der Waals surface area contributed by atoms with Crippen molar-refractivity contribution in [2.45, 2.75) is 30.3 Å². The summed E-state index contributed by atoms with van der Waals surface area (Å²) in [6.07, 6.45) is 2.70. The van der Waals surface area contributed by atoms with E-state index in [9.17, 15) is 0 Å². The van der Waals surface area contributed by atoms with Crippen LogP contribution in [0.3, 0.4) is 0 Å². The van der Waals surface area contributed by atoms with E-state index in [0.717, 1.165) is 17.5 Å². The molecule has 0 aliphatic heterocycles. The topological polar surface area (TPSA) is 12.0 Å². The Kier molecular flexibility index (Phi) is 2.38. The molecule has 0 radical (unpaired) electrons. The molecule has 1 aliphatic rings. The summed E-state index contributed by atoms with van der Waals surface area (Å²) in [7, 11) is 0. The lowest BCUT2D eigenvalue weighted by atomic mass is 10.2. The molecule has 0 saturated heterocycles. The molecule has 0 spiro atoms. The van der Waals surface area contributed by atoms with Gasteiger partial charge in [0.1, 0.15) is 0 Å². The number of nitrogens with one attached hydrogen (secondary N) is 1. The van der Waals surface area contributed by atoms with Gasteiger partial charge in [0.2, 0.25) is 0 Å². The van der Waals surface area contributed by atoms with Gasteiger partial charge in [-0.1, -0.05) is 12.1 Å². The van der Waals surface area contributed by atoms with E-state index in [2.05, 4.69) is 30.1 Å². The SMILES string of the molecule is Sc1ccc(CNC2CC2)cc1. The van der Waals surface area contributed by atoms with E-state index in [4.69, 9.17) is 0 Å². The molecule has 1 saturated carbocycles. The van der Waals surface area contributed by atoms with Gasteiger partial charge < -0.3 is 5.32 Å². The quantitative estimate of drug-likeness (QED) is 0.678. The van der Waals surface area contributed by atoms with Crippen molar-refractivity contribution in [2.24, 2.45) is 0 Å². The van der Waals surface area contributed by atoms with Crippen LogP contribution < -0.4 is 5.32 Å². The number of hydrogen-bond donors (Lipinski definition) is 2. The van der Waals surface area contributed by atoms with Gasteiger partial charge in [0.25, 0.3) is 0 Å². The Morgan fingerprint density at radius 3 is 2.50 bits per heavy atom. The Balaban J connectivity index is 1.89. The molecule has 2 heteroatoms. The van der Waals surface area contributed by atoms with E-state index in [-0.39, 0.29) is 0 Å². The van der Waals surface area contributed by atoms with Crippen molar-refractivity contribution in [2.75, 3.05) is 0 Å². The molecule has 0 unspecified atom stereocenters. The van der Waals surface area contributed by atoms with E-state index in [1.54, 1.807) is 0 Å². The molecule has 1 nitrogen and oxygen atoms in total. The summed E-state index contributed by atoms with van der Waals surface area (Å²) in [6.45, 7) is 0.999. The fraction of sp³-hybridized carbons (Fsp3) is 0.400. The second-order valence-corrected chi connectivity index (χ2v) is 3.84. The van der Waals surface area contributed by atoms with E-state index >= 15 is 0 Å². The zero-order chi connectivity index (χ0) is 8.39. The zero-order valence-electron chi connectivity index (χ0n) is 6.96. The fourth-order valence-electron chi connectivity index (χ4n) is 1.16. The minimum atomic E-state index is 0.792. The van der Waals surface area contributed by atoms with Crippen LogP contribution in [-0.4, -0.2) is 6.04 Å². The lowest BCUT2D eigenvalue weighted by Crippen LogP contribution is -2.14. The minimum Gasteiger partial charge on any atom is -0.310 e. The highest BCUT2D eigenvalue weighted by molar-refractivity contribution is 7.80. The van der Waals surface area contributed by atoms with Crippen molar-refractivity contribution in [1.29, 1.82) is 0 Å². The molecule has 0 bridgehead atoms. The highest BCUT2D eigenvalue weighted by atomic mass is 32.1. The van der Waals surface area contributed by atoms with Gasteiger partial charge in [-0.25, -0.2) is 0 Å². The van der Waals surface area contributed by atoms with Crippen molar-refractivity contribution >= 4 is 12.6 Å². The fourth-order valence-corrected chi connectivity index (χ4v) is 1.31. The third kappa shape index (κ3) is 2.26. The zero-order valence-corrected chi connectivity index (χ0v) is 7.85. The smallest absolute Gasteiger partial charge is 0.0208 e. The highest BCUT2D eigenvalue weighted by Crippen LogP contribution is 2.19. The second-order valence-electron chi connectivity index (χ2n) is 3.32. The van der Waals surface area contributed by atoms with Gasteiger partial charge in [-0.3, -0.25) is 0 Å². The van der Waals surface area contributed by atoms with Crippen molar-refractivity contribution in [3.63, 3.8) is 0 Å². The Morgan fingerprint density at radius 1 is 1.25 bits per heavy atom. The Bertz CT molecular complexity index is 251. The molecular weight excluding hydrogens is 166 g/mol. The van der Waals surface area contributed by atoms with Gasteiger partial charge in [-0.15, -0.1) is 12.6 Å². The summed E-state index contributed by atoms with van der Waals surface area (Å²) >= 11 is 4.23. The van der Waals surface area contributed by atoms with Crippen LogP contribution in [0, 0.1) is 0 Å². The molecule has 12 heavy (non-hydrogen) atoms. The first kappa shape index (κ1) is 8.14. The third-order valence-electron chi connectivity index (χ3n) is 2.11. The predicted octanol–water partition coefficient (Wildman–Crippen LogP) is 2.23. The maximum absolute atomic E-state index is 4.23. The van der Waals surface area contributed by atoms with Crippen LogP contribution in [0.1, 0.15) is 18.4 Å². The molecule has 64 valence electrons. The summed E-state index contributed by atoms with van der Waals surface area (Å²) < 4.78 is 0. The highest BCUT2D eigenvalue weighted by Gasteiger charge is 2.19. The third-order valence-corrected chi connectivity index (χ3v) is 2.41. The lowest BCUT2D eigenvalue weighted by molar-refractivity contribution is 0.687. The average Bonchev–Trinajstić information content (AvgIpc) is 2.87. The molecule has 1 aliphatic carbocycles. The van der Waals surface area contributed by atoms with E-state index < -0.39 is 0 Å². The van der Waals surface area contributed by atoms with Gasteiger partial charge >= 0.3 is 0 Å².